The Morgan fingerprint density at radius 1 is 1.10 bits per heavy atom. The number of anilines is 1. The SMILES string of the molecule is CCCC(=O)CCNc1ccc(CCC(C)=O)cc1CC. The highest BCUT2D eigenvalue weighted by atomic mass is 16.1. The summed E-state index contributed by atoms with van der Waals surface area (Å²) >= 11 is 0. The smallest absolute Gasteiger partial charge is 0.134 e. The first-order valence-corrected chi connectivity index (χ1v) is 7.93. The quantitative estimate of drug-likeness (QED) is 0.709. The van der Waals surface area contributed by atoms with Crippen molar-refractivity contribution in [2.75, 3.05) is 11.9 Å². The van der Waals surface area contributed by atoms with Gasteiger partial charge in [-0.2, -0.15) is 0 Å². The molecule has 0 aliphatic heterocycles. The number of benzene rings is 1. The van der Waals surface area contributed by atoms with E-state index in [1.807, 2.05) is 6.92 Å². The average Bonchev–Trinajstić information content (AvgIpc) is 2.46. The maximum Gasteiger partial charge on any atom is 0.134 e. The number of hydrogen-bond donors (Lipinski definition) is 1. The number of nitrogens with one attached hydrogen (secondary N) is 1. The third kappa shape index (κ3) is 6.56. The molecule has 0 spiro atoms. The number of hydrogen-bond acceptors (Lipinski definition) is 3. The predicted molar refractivity (Wildman–Crippen MR) is 87.8 cm³/mol. The molecule has 116 valence electrons. The van der Waals surface area contributed by atoms with Crippen molar-refractivity contribution in [1.82, 2.24) is 0 Å². The monoisotopic (exact) mass is 289 g/mol. The lowest BCUT2D eigenvalue weighted by atomic mass is 10.0. The van der Waals surface area contributed by atoms with Crippen LogP contribution in [0.15, 0.2) is 18.2 Å². The fourth-order valence-electron chi connectivity index (χ4n) is 2.33. The number of rotatable bonds is 10. The molecule has 3 nitrogen and oxygen atoms in total. The van der Waals surface area contributed by atoms with Crippen LogP contribution in [0.4, 0.5) is 5.69 Å². The van der Waals surface area contributed by atoms with Crippen molar-refractivity contribution in [3.05, 3.63) is 29.3 Å². The van der Waals surface area contributed by atoms with Gasteiger partial charge in [0.1, 0.15) is 11.6 Å². The molecule has 1 aromatic rings. The van der Waals surface area contributed by atoms with Gasteiger partial charge in [0.25, 0.3) is 0 Å². The zero-order valence-electron chi connectivity index (χ0n) is 13.5. The van der Waals surface area contributed by atoms with E-state index in [-0.39, 0.29) is 5.78 Å². The maximum absolute atomic E-state index is 11.5. The van der Waals surface area contributed by atoms with Crippen molar-refractivity contribution in [3.63, 3.8) is 0 Å². The fourth-order valence-corrected chi connectivity index (χ4v) is 2.33. The van der Waals surface area contributed by atoms with Crippen LogP contribution < -0.4 is 5.32 Å². The van der Waals surface area contributed by atoms with Crippen molar-refractivity contribution in [3.8, 4) is 0 Å². The van der Waals surface area contributed by atoms with Crippen LogP contribution >= 0.6 is 0 Å². The molecule has 0 heterocycles. The molecule has 0 saturated heterocycles. The lowest BCUT2D eigenvalue weighted by molar-refractivity contribution is -0.119. The molecular weight excluding hydrogens is 262 g/mol. The van der Waals surface area contributed by atoms with E-state index in [2.05, 4.69) is 30.4 Å². The molecule has 21 heavy (non-hydrogen) atoms. The van der Waals surface area contributed by atoms with Crippen LogP contribution in [0.25, 0.3) is 0 Å². The first kappa shape index (κ1) is 17.4. The van der Waals surface area contributed by atoms with Gasteiger partial charge in [0.2, 0.25) is 0 Å². The van der Waals surface area contributed by atoms with E-state index < -0.39 is 0 Å². The summed E-state index contributed by atoms with van der Waals surface area (Å²) in [6, 6.07) is 6.30. The highest BCUT2D eigenvalue weighted by Gasteiger charge is 2.05. The lowest BCUT2D eigenvalue weighted by Gasteiger charge is -2.12. The Morgan fingerprint density at radius 2 is 1.86 bits per heavy atom. The van der Waals surface area contributed by atoms with Crippen molar-refractivity contribution in [1.29, 1.82) is 0 Å². The lowest BCUT2D eigenvalue weighted by Crippen LogP contribution is -2.09. The molecule has 3 heteroatoms. The summed E-state index contributed by atoms with van der Waals surface area (Å²) in [4.78, 5) is 22.6. The zero-order chi connectivity index (χ0) is 15.7. The second-order valence-electron chi connectivity index (χ2n) is 5.51. The molecule has 1 N–H and O–H groups in total. The second-order valence-corrected chi connectivity index (χ2v) is 5.51. The third-order valence-electron chi connectivity index (χ3n) is 3.56. The van der Waals surface area contributed by atoms with Gasteiger partial charge in [-0.1, -0.05) is 26.0 Å². The summed E-state index contributed by atoms with van der Waals surface area (Å²) < 4.78 is 0. The molecule has 1 aromatic carbocycles. The van der Waals surface area contributed by atoms with E-state index in [1.54, 1.807) is 6.92 Å². The van der Waals surface area contributed by atoms with E-state index >= 15 is 0 Å². The Balaban J connectivity index is 2.57. The number of ketones is 2. The van der Waals surface area contributed by atoms with Crippen LogP contribution in [-0.2, 0) is 22.4 Å². The van der Waals surface area contributed by atoms with Gasteiger partial charge in [-0.15, -0.1) is 0 Å². The minimum absolute atomic E-state index is 0.227. The van der Waals surface area contributed by atoms with Crippen LogP contribution in [0.5, 0.6) is 0 Å². The summed E-state index contributed by atoms with van der Waals surface area (Å²) in [6.45, 7) is 6.47. The third-order valence-corrected chi connectivity index (χ3v) is 3.56. The molecule has 0 atom stereocenters. The number of carbonyl (C=O) groups is 2. The highest BCUT2D eigenvalue weighted by molar-refractivity contribution is 5.78. The fraction of sp³-hybridized carbons (Fsp3) is 0.556. The summed E-state index contributed by atoms with van der Waals surface area (Å²) in [6.07, 6.45) is 4.53. The van der Waals surface area contributed by atoms with Crippen LogP contribution in [0, 0.1) is 0 Å². The van der Waals surface area contributed by atoms with Crippen molar-refractivity contribution >= 4 is 17.3 Å². The van der Waals surface area contributed by atoms with Gasteiger partial charge >= 0.3 is 0 Å². The number of aryl methyl sites for hydroxylation is 2. The van der Waals surface area contributed by atoms with Crippen molar-refractivity contribution in [2.45, 2.75) is 59.3 Å². The minimum Gasteiger partial charge on any atom is -0.384 e. The molecule has 0 aromatic heterocycles. The van der Waals surface area contributed by atoms with Crippen LogP contribution in [0.3, 0.4) is 0 Å². The predicted octanol–water partition coefficient (Wildman–Crippen LogP) is 3.94. The van der Waals surface area contributed by atoms with Gasteiger partial charge in [0.05, 0.1) is 0 Å². The van der Waals surface area contributed by atoms with E-state index in [4.69, 9.17) is 0 Å². The Kier molecular flexibility index (Phi) is 7.73. The molecule has 0 amide bonds. The maximum atomic E-state index is 11.5. The average molecular weight is 289 g/mol. The molecular formula is C18H27NO2. The summed E-state index contributed by atoms with van der Waals surface area (Å²) in [7, 11) is 0. The zero-order valence-corrected chi connectivity index (χ0v) is 13.5. The van der Waals surface area contributed by atoms with Crippen molar-refractivity contribution < 1.29 is 9.59 Å². The van der Waals surface area contributed by atoms with Gasteiger partial charge in [0, 0.05) is 31.5 Å². The Bertz CT molecular complexity index is 480. The van der Waals surface area contributed by atoms with Crippen molar-refractivity contribution in [2.24, 2.45) is 0 Å². The first-order valence-electron chi connectivity index (χ1n) is 7.93. The summed E-state index contributed by atoms with van der Waals surface area (Å²) in [5.41, 5.74) is 3.56. The molecule has 0 saturated carbocycles. The van der Waals surface area contributed by atoms with Gasteiger partial charge in [-0.05, 0) is 43.4 Å². The molecule has 0 fully saturated rings. The van der Waals surface area contributed by atoms with E-state index in [0.29, 0.717) is 31.6 Å². The Hall–Kier alpha value is -1.64. The van der Waals surface area contributed by atoms with Crippen LogP contribution in [0.2, 0.25) is 0 Å². The van der Waals surface area contributed by atoms with Gasteiger partial charge in [-0.3, -0.25) is 4.79 Å². The Labute approximate surface area is 128 Å². The normalized spacial score (nSPS) is 10.4. The molecule has 0 bridgehead atoms. The second kappa shape index (κ2) is 9.32. The van der Waals surface area contributed by atoms with E-state index in [0.717, 1.165) is 24.9 Å². The van der Waals surface area contributed by atoms with Gasteiger partial charge in [0.15, 0.2) is 0 Å². The largest absolute Gasteiger partial charge is 0.384 e. The molecule has 0 aliphatic rings. The van der Waals surface area contributed by atoms with Crippen LogP contribution in [0.1, 0.15) is 57.6 Å². The van der Waals surface area contributed by atoms with Gasteiger partial charge in [-0.25, -0.2) is 0 Å². The highest BCUT2D eigenvalue weighted by Crippen LogP contribution is 2.19. The van der Waals surface area contributed by atoms with E-state index in [9.17, 15) is 9.59 Å². The van der Waals surface area contributed by atoms with Crippen LogP contribution in [-0.4, -0.2) is 18.1 Å². The standard InChI is InChI=1S/C18H27NO2/c1-4-6-17(21)11-12-19-18-10-9-15(8-7-14(3)20)13-16(18)5-2/h9-10,13,19H,4-8,11-12H2,1-3H3. The molecule has 1 rings (SSSR count). The molecule has 0 radical (unpaired) electrons. The number of Topliss-reactive ketones (excluding diaryl/α,β-unsaturated/α-hetero) is 2. The first-order chi connectivity index (χ1) is 10.1. The van der Waals surface area contributed by atoms with Gasteiger partial charge < -0.3 is 10.1 Å². The summed E-state index contributed by atoms with van der Waals surface area (Å²) in [5.74, 6) is 0.547. The minimum atomic E-state index is 0.227. The number of carbonyl (C=O) groups excluding carboxylic acids is 2. The topological polar surface area (TPSA) is 46.2 Å². The molecule has 0 unspecified atom stereocenters. The molecule has 0 aliphatic carbocycles. The van der Waals surface area contributed by atoms with E-state index in [1.165, 1.54) is 11.1 Å². The Morgan fingerprint density at radius 3 is 2.48 bits per heavy atom. The summed E-state index contributed by atoms with van der Waals surface area (Å²) in [5, 5.41) is 3.36.